The van der Waals surface area contributed by atoms with E-state index in [0.29, 0.717) is 17.9 Å². The van der Waals surface area contributed by atoms with Gasteiger partial charge in [-0.05, 0) is 59.7 Å². The molecule has 0 bridgehead atoms. The van der Waals surface area contributed by atoms with Crippen LogP contribution in [0.3, 0.4) is 0 Å². The van der Waals surface area contributed by atoms with E-state index < -0.39 is 0 Å². The molecule has 1 amide bonds. The minimum atomic E-state index is -0.282. The summed E-state index contributed by atoms with van der Waals surface area (Å²) in [7, 11) is 3.88. The fourth-order valence-electron chi connectivity index (χ4n) is 2.57. The normalized spacial score (nSPS) is 10.7. The lowest BCUT2D eigenvalue weighted by atomic mass is 10.2. The third-order valence-corrected chi connectivity index (χ3v) is 4.20. The molecule has 0 spiro atoms. The highest BCUT2D eigenvalue weighted by Gasteiger charge is 2.04. The van der Waals surface area contributed by atoms with Crippen LogP contribution in [0.25, 0.3) is 0 Å². The number of nitrogens with one attached hydrogen (secondary N) is 1. The number of carbonyl (C=O) groups is 1. The van der Waals surface area contributed by atoms with E-state index in [1.807, 2.05) is 55.4 Å². The average Bonchev–Trinajstić information content (AvgIpc) is 2.73. The predicted molar refractivity (Wildman–Crippen MR) is 113 cm³/mol. The topological polar surface area (TPSA) is 53.9 Å². The van der Waals surface area contributed by atoms with Gasteiger partial charge in [-0.15, -0.1) is 0 Å². The van der Waals surface area contributed by atoms with E-state index in [2.05, 4.69) is 10.5 Å². The number of hydrazone groups is 1. The second kappa shape index (κ2) is 9.50. The molecule has 0 saturated carbocycles. The van der Waals surface area contributed by atoms with Gasteiger partial charge in [0.15, 0.2) is 0 Å². The minimum Gasteiger partial charge on any atom is -0.489 e. The molecule has 3 rings (SSSR count). The highest BCUT2D eigenvalue weighted by Crippen LogP contribution is 2.15. The van der Waals surface area contributed by atoms with Gasteiger partial charge >= 0.3 is 0 Å². The van der Waals surface area contributed by atoms with E-state index >= 15 is 0 Å². The number of benzene rings is 3. The number of hydrogen-bond donors (Lipinski definition) is 1. The molecule has 0 radical (unpaired) electrons. The quantitative estimate of drug-likeness (QED) is 0.484. The van der Waals surface area contributed by atoms with Crippen molar-refractivity contribution in [3.05, 3.63) is 95.3 Å². The molecular weight excluding hydrogens is 369 g/mol. The van der Waals surface area contributed by atoms with E-state index in [9.17, 15) is 9.18 Å². The molecule has 1 N–H and O–H groups in total. The first-order valence-electron chi connectivity index (χ1n) is 9.09. The molecule has 0 aliphatic heterocycles. The maximum Gasteiger partial charge on any atom is 0.271 e. The highest BCUT2D eigenvalue weighted by atomic mass is 19.1. The van der Waals surface area contributed by atoms with Gasteiger partial charge < -0.3 is 9.64 Å². The van der Waals surface area contributed by atoms with Crippen molar-refractivity contribution < 1.29 is 13.9 Å². The smallest absolute Gasteiger partial charge is 0.271 e. The summed E-state index contributed by atoms with van der Waals surface area (Å²) >= 11 is 0. The van der Waals surface area contributed by atoms with Crippen molar-refractivity contribution in [3.8, 4) is 5.75 Å². The third kappa shape index (κ3) is 5.90. The number of nitrogens with zero attached hydrogens (tertiary/aromatic N) is 2. The molecule has 0 heterocycles. The van der Waals surface area contributed by atoms with Gasteiger partial charge in [0, 0.05) is 25.3 Å². The zero-order chi connectivity index (χ0) is 20.6. The Bertz CT molecular complexity index is 984. The van der Waals surface area contributed by atoms with Crippen LogP contribution in [-0.2, 0) is 6.61 Å². The Morgan fingerprint density at radius 2 is 1.79 bits per heavy atom. The van der Waals surface area contributed by atoms with Crippen LogP contribution in [0.4, 0.5) is 10.1 Å². The van der Waals surface area contributed by atoms with Crippen molar-refractivity contribution in [2.24, 2.45) is 5.10 Å². The van der Waals surface area contributed by atoms with Crippen LogP contribution in [0.1, 0.15) is 21.5 Å². The van der Waals surface area contributed by atoms with Crippen LogP contribution in [0, 0.1) is 5.82 Å². The van der Waals surface area contributed by atoms with Gasteiger partial charge in [-0.25, -0.2) is 9.82 Å². The van der Waals surface area contributed by atoms with Gasteiger partial charge in [-0.2, -0.15) is 5.10 Å². The Hall–Kier alpha value is -3.67. The Balaban J connectivity index is 1.55. The van der Waals surface area contributed by atoms with E-state index in [4.69, 9.17) is 4.74 Å². The molecule has 6 heteroatoms. The third-order valence-electron chi connectivity index (χ3n) is 4.20. The van der Waals surface area contributed by atoms with Crippen LogP contribution >= 0.6 is 0 Å². The van der Waals surface area contributed by atoms with E-state index in [1.54, 1.807) is 30.5 Å². The van der Waals surface area contributed by atoms with Gasteiger partial charge in [-0.1, -0.05) is 24.3 Å². The second-order valence-corrected chi connectivity index (χ2v) is 6.63. The van der Waals surface area contributed by atoms with Crippen LogP contribution in [0.2, 0.25) is 0 Å². The fourth-order valence-corrected chi connectivity index (χ4v) is 2.57. The summed E-state index contributed by atoms with van der Waals surface area (Å²) in [4.78, 5) is 14.1. The summed E-state index contributed by atoms with van der Waals surface area (Å²) in [5.74, 6) is 0.0989. The number of anilines is 1. The molecule has 5 nitrogen and oxygen atoms in total. The molecule has 0 aliphatic rings. The summed E-state index contributed by atoms with van der Waals surface area (Å²) in [6.07, 6.45) is 1.55. The molecule has 0 aliphatic carbocycles. The molecule has 0 unspecified atom stereocenters. The molecule has 0 aromatic heterocycles. The summed E-state index contributed by atoms with van der Waals surface area (Å²) in [6, 6.07) is 20.8. The molecule has 148 valence electrons. The zero-order valence-corrected chi connectivity index (χ0v) is 16.3. The van der Waals surface area contributed by atoms with Gasteiger partial charge in [0.25, 0.3) is 5.91 Å². The first kappa shape index (κ1) is 20.1. The van der Waals surface area contributed by atoms with Crippen LogP contribution < -0.4 is 15.1 Å². The van der Waals surface area contributed by atoms with Crippen molar-refractivity contribution in [1.29, 1.82) is 0 Å². The monoisotopic (exact) mass is 391 g/mol. The summed E-state index contributed by atoms with van der Waals surface area (Å²) in [6.45, 7) is 0.334. The van der Waals surface area contributed by atoms with E-state index in [1.165, 1.54) is 12.1 Å². The first-order chi connectivity index (χ1) is 14.0. The van der Waals surface area contributed by atoms with Gasteiger partial charge in [0.2, 0.25) is 0 Å². The maximum absolute atomic E-state index is 12.9. The Kier molecular flexibility index (Phi) is 6.58. The summed E-state index contributed by atoms with van der Waals surface area (Å²) in [5, 5.41) is 4.01. The maximum atomic E-state index is 12.9. The molecule has 0 atom stereocenters. The summed E-state index contributed by atoms with van der Waals surface area (Å²) < 4.78 is 18.7. The van der Waals surface area contributed by atoms with Crippen molar-refractivity contribution >= 4 is 17.8 Å². The first-order valence-corrected chi connectivity index (χ1v) is 9.09. The van der Waals surface area contributed by atoms with Crippen molar-refractivity contribution in [2.45, 2.75) is 6.61 Å². The van der Waals surface area contributed by atoms with Crippen LogP contribution in [0.5, 0.6) is 5.75 Å². The summed E-state index contributed by atoms with van der Waals surface area (Å²) in [5.41, 5.74) is 5.72. The number of halogens is 1. The Morgan fingerprint density at radius 1 is 1.07 bits per heavy atom. The lowest BCUT2D eigenvalue weighted by molar-refractivity contribution is 0.0955. The molecule has 3 aromatic rings. The fraction of sp³-hybridized carbons (Fsp3) is 0.130. The standard InChI is InChI=1S/C23H22FN3O2/c1-27(2)21-12-8-19(9-13-21)23(28)26-25-15-18-4-3-5-22(14-18)29-16-17-6-10-20(24)11-7-17/h3-15H,16H2,1-2H3,(H,26,28)/b25-15-. The lowest BCUT2D eigenvalue weighted by Crippen LogP contribution is -2.17. The number of rotatable bonds is 7. The van der Waals surface area contributed by atoms with Crippen molar-refractivity contribution in [2.75, 3.05) is 19.0 Å². The highest BCUT2D eigenvalue weighted by molar-refractivity contribution is 5.95. The number of amides is 1. The van der Waals surface area contributed by atoms with Gasteiger partial charge in [0.1, 0.15) is 18.2 Å². The average molecular weight is 391 g/mol. The van der Waals surface area contributed by atoms with E-state index in [0.717, 1.165) is 16.8 Å². The number of carbonyl (C=O) groups excluding carboxylic acids is 1. The van der Waals surface area contributed by atoms with Crippen molar-refractivity contribution in [1.82, 2.24) is 5.43 Å². The van der Waals surface area contributed by atoms with Crippen LogP contribution in [0.15, 0.2) is 77.9 Å². The number of ether oxygens (including phenoxy) is 1. The van der Waals surface area contributed by atoms with E-state index in [-0.39, 0.29) is 11.7 Å². The zero-order valence-electron chi connectivity index (χ0n) is 16.3. The minimum absolute atomic E-state index is 0.275. The number of hydrogen-bond acceptors (Lipinski definition) is 4. The SMILES string of the molecule is CN(C)c1ccc(C(=O)N/N=C\c2cccc(OCc3ccc(F)cc3)c2)cc1. The van der Waals surface area contributed by atoms with Gasteiger partial charge in [0.05, 0.1) is 6.21 Å². The lowest BCUT2D eigenvalue weighted by Gasteiger charge is -2.12. The van der Waals surface area contributed by atoms with Gasteiger partial charge in [-0.3, -0.25) is 4.79 Å². The predicted octanol–water partition coefficient (Wildman–Crippen LogP) is 4.23. The molecule has 0 saturated heterocycles. The largest absolute Gasteiger partial charge is 0.489 e. The Morgan fingerprint density at radius 3 is 2.48 bits per heavy atom. The molecule has 3 aromatic carbocycles. The molecule has 29 heavy (non-hydrogen) atoms. The van der Waals surface area contributed by atoms with Crippen LogP contribution in [-0.4, -0.2) is 26.2 Å². The molecule has 0 fully saturated rings. The van der Waals surface area contributed by atoms with Crippen molar-refractivity contribution in [3.63, 3.8) is 0 Å². The Labute approximate surface area is 169 Å². The second-order valence-electron chi connectivity index (χ2n) is 6.63. The molecular formula is C23H22FN3O2.